The van der Waals surface area contributed by atoms with Crippen molar-refractivity contribution in [1.29, 1.82) is 0 Å². The molecular weight excluding hydrogens is 580 g/mol. The molecule has 2 heterocycles. The van der Waals surface area contributed by atoms with Crippen molar-refractivity contribution in [3.05, 3.63) is 12.7 Å². The molecule has 0 aromatic rings. The number of hydrogen-bond donors (Lipinski definition) is 0. The third-order valence-electron chi connectivity index (χ3n) is 13.5. The topological polar surface area (TPSA) is 55.8 Å². The highest BCUT2D eigenvalue weighted by molar-refractivity contribution is 5.66. The fourth-order valence-electron chi connectivity index (χ4n) is 11.8. The highest BCUT2D eigenvalue weighted by Crippen LogP contribution is 2.68. The second-order valence-electron chi connectivity index (χ2n) is 15.3. The number of quaternary nitrogens is 1. The van der Waals surface area contributed by atoms with Crippen LogP contribution in [0.15, 0.2) is 12.7 Å². The summed E-state index contributed by atoms with van der Waals surface area (Å²) in [6, 6.07) is 0.747. The third-order valence-corrected chi connectivity index (χ3v) is 13.5. The van der Waals surface area contributed by atoms with E-state index in [1.54, 1.807) is 13.8 Å². The zero-order chi connectivity index (χ0) is 28.3. The Labute approximate surface area is 259 Å². The molecule has 6 fully saturated rings. The van der Waals surface area contributed by atoms with Crippen LogP contribution in [-0.2, 0) is 19.1 Å². The van der Waals surface area contributed by atoms with E-state index in [2.05, 4.69) is 31.4 Å². The molecular formula is C34H55BrN2O4. The summed E-state index contributed by atoms with van der Waals surface area (Å²) in [6.45, 7) is 18.1. The van der Waals surface area contributed by atoms with Gasteiger partial charge in [-0.2, -0.15) is 0 Å². The van der Waals surface area contributed by atoms with E-state index in [1.165, 1.54) is 64.5 Å². The molecule has 6 aliphatic rings. The van der Waals surface area contributed by atoms with Crippen LogP contribution >= 0.6 is 0 Å². The maximum absolute atomic E-state index is 12.5. The molecule has 10 atom stereocenters. The van der Waals surface area contributed by atoms with Crippen molar-refractivity contribution in [1.82, 2.24) is 4.90 Å². The van der Waals surface area contributed by atoms with Gasteiger partial charge in [-0.3, -0.25) is 14.5 Å². The van der Waals surface area contributed by atoms with E-state index in [-0.39, 0.29) is 52.0 Å². The average molecular weight is 636 g/mol. The minimum Gasteiger partial charge on any atom is -1.00 e. The molecule has 0 radical (unpaired) electrons. The molecule has 7 heteroatoms. The van der Waals surface area contributed by atoms with Crippen LogP contribution in [-0.4, -0.2) is 78.3 Å². The summed E-state index contributed by atoms with van der Waals surface area (Å²) in [5.41, 5.74) is 0.337. The Morgan fingerprint density at radius 1 is 0.927 bits per heavy atom. The monoisotopic (exact) mass is 634 g/mol. The summed E-state index contributed by atoms with van der Waals surface area (Å²) in [7, 11) is 0. The van der Waals surface area contributed by atoms with Gasteiger partial charge in [-0.25, -0.2) is 0 Å². The van der Waals surface area contributed by atoms with Crippen molar-refractivity contribution >= 4 is 11.9 Å². The van der Waals surface area contributed by atoms with Gasteiger partial charge < -0.3 is 30.9 Å². The van der Waals surface area contributed by atoms with Crippen LogP contribution in [0.25, 0.3) is 0 Å². The van der Waals surface area contributed by atoms with Gasteiger partial charge in [0.25, 0.3) is 0 Å². The Kier molecular flexibility index (Phi) is 9.12. The first-order chi connectivity index (χ1) is 19.1. The number of likely N-dealkylation sites (tertiary alicyclic amines) is 2. The van der Waals surface area contributed by atoms with Gasteiger partial charge in [-0.15, -0.1) is 0 Å². The lowest BCUT2D eigenvalue weighted by Gasteiger charge is -2.62. The first-order valence-corrected chi connectivity index (χ1v) is 16.7. The highest BCUT2D eigenvalue weighted by Gasteiger charge is 2.67. The van der Waals surface area contributed by atoms with Gasteiger partial charge in [0.15, 0.2) is 6.10 Å². The van der Waals surface area contributed by atoms with Crippen LogP contribution in [0, 0.1) is 34.5 Å². The summed E-state index contributed by atoms with van der Waals surface area (Å²) in [6.07, 6.45) is 15.5. The van der Waals surface area contributed by atoms with Crippen molar-refractivity contribution < 1.29 is 40.5 Å². The van der Waals surface area contributed by atoms with Crippen LogP contribution in [0.2, 0.25) is 0 Å². The van der Waals surface area contributed by atoms with Crippen LogP contribution in [0.1, 0.15) is 98.3 Å². The molecule has 0 aromatic heterocycles. The van der Waals surface area contributed by atoms with E-state index >= 15 is 0 Å². The number of ether oxygens (including phenoxy) is 2. The van der Waals surface area contributed by atoms with Crippen molar-refractivity contribution in [2.45, 2.75) is 123 Å². The molecule has 4 saturated carbocycles. The number of rotatable bonds is 6. The normalized spacial score (nSPS) is 45.1. The van der Waals surface area contributed by atoms with Gasteiger partial charge in [0.05, 0.1) is 19.6 Å². The van der Waals surface area contributed by atoms with Gasteiger partial charge >= 0.3 is 11.9 Å². The fraction of sp³-hybridized carbons (Fsp3) is 0.882. The second-order valence-corrected chi connectivity index (χ2v) is 15.3. The predicted molar refractivity (Wildman–Crippen MR) is 156 cm³/mol. The molecule has 0 spiro atoms. The van der Waals surface area contributed by atoms with Gasteiger partial charge in [0, 0.05) is 44.6 Å². The molecule has 2 aliphatic heterocycles. The van der Waals surface area contributed by atoms with Crippen molar-refractivity contribution in [3.63, 3.8) is 0 Å². The molecule has 0 N–H and O–H groups in total. The Morgan fingerprint density at radius 2 is 1.61 bits per heavy atom. The molecule has 0 bridgehead atoms. The number of esters is 2. The molecule has 6 rings (SSSR count). The van der Waals surface area contributed by atoms with Crippen LogP contribution < -0.4 is 17.0 Å². The number of hydrogen-bond acceptors (Lipinski definition) is 5. The number of halogens is 1. The lowest BCUT2D eigenvalue weighted by molar-refractivity contribution is -0.937. The van der Waals surface area contributed by atoms with E-state index in [0.717, 1.165) is 43.4 Å². The summed E-state index contributed by atoms with van der Waals surface area (Å²) in [5.74, 6) is 2.40. The molecule has 0 aromatic carbocycles. The highest BCUT2D eigenvalue weighted by atomic mass is 79.9. The first-order valence-electron chi connectivity index (χ1n) is 16.7. The molecule has 232 valence electrons. The first kappa shape index (κ1) is 31.5. The fourth-order valence-corrected chi connectivity index (χ4v) is 11.8. The standard InChI is InChI=1S/C34H55N2O4.BrH/c1-6-17-36(18-9-10-19-36)30-21-28-26-12-11-25-20-31(39-23(2)37)29(35-15-7-8-16-35)22-34(25,5)27(26)13-14-33(28,4)32(30)40-24(3)38;/h6,25-32H,1,7-22H2,2-5H3;1H/q+1;/p-1/t25-,26-,27-,28-,29+,30+,31+,32+,33+,34+;/m1./s1. The predicted octanol–water partition coefficient (Wildman–Crippen LogP) is 2.75. The smallest absolute Gasteiger partial charge is 0.303 e. The van der Waals surface area contributed by atoms with E-state index in [9.17, 15) is 9.59 Å². The summed E-state index contributed by atoms with van der Waals surface area (Å²) < 4.78 is 13.5. The van der Waals surface area contributed by atoms with E-state index in [1.807, 2.05) is 0 Å². The minimum absolute atomic E-state index is 0. The van der Waals surface area contributed by atoms with Gasteiger partial charge in [-0.05, 0) is 99.6 Å². The molecule has 4 aliphatic carbocycles. The molecule has 0 amide bonds. The minimum atomic E-state index is -0.119. The average Bonchev–Trinajstić information content (AvgIpc) is 3.64. The van der Waals surface area contributed by atoms with Crippen molar-refractivity contribution in [3.8, 4) is 0 Å². The van der Waals surface area contributed by atoms with Crippen LogP contribution in [0.3, 0.4) is 0 Å². The zero-order valence-corrected chi connectivity index (χ0v) is 27.7. The molecule has 41 heavy (non-hydrogen) atoms. The Balaban J connectivity index is 0.00000337. The summed E-state index contributed by atoms with van der Waals surface area (Å²) in [5, 5.41) is 0. The summed E-state index contributed by atoms with van der Waals surface area (Å²) in [4.78, 5) is 27.3. The van der Waals surface area contributed by atoms with Gasteiger partial charge in [-0.1, -0.05) is 20.4 Å². The maximum Gasteiger partial charge on any atom is 0.303 e. The van der Waals surface area contributed by atoms with Gasteiger partial charge in [0.2, 0.25) is 0 Å². The second kappa shape index (κ2) is 11.9. The third kappa shape index (κ3) is 5.26. The number of fused-ring (bicyclic) bond motifs is 5. The SMILES string of the molecule is C=CC[N+]1([C@H]2C[C@@H]3[C@@H]4CC[C@@H]5C[C@H](OC(C)=O)[C@@H](N6CCCC6)C[C@]5(C)[C@@H]4CC[C@]3(C)[C@H]2OC(C)=O)CCCC1.[Br-]. The lowest BCUT2D eigenvalue weighted by Crippen LogP contribution is -3.00. The van der Waals surface area contributed by atoms with E-state index < -0.39 is 0 Å². The number of carbonyl (C=O) groups is 2. The van der Waals surface area contributed by atoms with Gasteiger partial charge in [0.1, 0.15) is 12.1 Å². The summed E-state index contributed by atoms with van der Waals surface area (Å²) >= 11 is 0. The maximum atomic E-state index is 12.5. The molecule has 2 saturated heterocycles. The van der Waals surface area contributed by atoms with E-state index in [0.29, 0.717) is 35.8 Å². The van der Waals surface area contributed by atoms with Crippen molar-refractivity contribution in [2.24, 2.45) is 34.5 Å². The molecule has 6 nitrogen and oxygen atoms in total. The Hall–Kier alpha value is -0.920. The zero-order valence-electron chi connectivity index (χ0n) is 26.1. The Bertz CT molecular complexity index is 993. The Morgan fingerprint density at radius 3 is 2.24 bits per heavy atom. The van der Waals surface area contributed by atoms with E-state index in [4.69, 9.17) is 9.47 Å². The molecule has 0 unspecified atom stereocenters. The number of carbonyl (C=O) groups excluding carboxylic acids is 2. The lowest BCUT2D eigenvalue weighted by atomic mass is 9.44. The van der Waals surface area contributed by atoms with Crippen molar-refractivity contribution in [2.75, 3.05) is 32.7 Å². The number of nitrogens with zero attached hydrogens (tertiary/aromatic N) is 2. The van der Waals surface area contributed by atoms with Crippen LogP contribution in [0.4, 0.5) is 0 Å². The van der Waals surface area contributed by atoms with Crippen LogP contribution in [0.5, 0.6) is 0 Å². The quantitative estimate of drug-likeness (QED) is 0.256. The largest absolute Gasteiger partial charge is 1.00 e.